The first-order valence-corrected chi connectivity index (χ1v) is 11.2. The molecule has 162 valence electrons. The number of ether oxygens (including phenoxy) is 1. The fraction of sp³-hybridized carbons (Fsp3) is 0.350. The van der Waals surface area contributed by atoms with Gasteiger partial charge in [0.1, 0.15) is 18.9 Å². The molecule has 0 saturated carbocycles. The molecule has 0 saturated heterocycles. The summed E-state index contributed by atoms with van der Waals surface area (Å²) in [5.74, 6) is 0.127. The smallest absolute Gasteiger partial charge is 0.271 e. The van der Waals surface area contributed by atoms with Crippen LogP contribution in [-0.4, -0.2) is 45.2 Å². The van der Waals surface area contributed by atoms with Crippen LogP contribution < -0.4 is 14.4 Å². The first-order valence-electron chi connectivity index (χ1n) is 9.33. The van der Waals surface area contributed by atoms with E-state index in [2.05, 4.69) is 12.2 Å². The van der Waals surface area contributed by atoms with Gasteiger partial charge in [0, 0.05) is 12.1 Å². The lowest BCUT2D eigenvalue weighted by Crippen LogP contribution is -2.41. The van der Waals surface area contributed by atoms with Gasteiger partial charge in [-0.2, -0.15) is 0 Å². The fourth-order valence-electron chi connectivity index (χ4n) is 2.73. The van der Waals surface area contributed by atoms with Gasteiger partial charge in [0.25, 0.3) is 5.69 Å². The maximum atomic E-state index is 12.3. The largest absolute Gasteiger partial charge is 0.492 e. The minimum atomic E-state index is -3.84. The van der Waals surface area contributed by atoms with E-state index in [1.165, 1.54) is 17.7 Å². The van der Waals surface area contributed by atoms with Gasteiger partial charge in [0.15, 0.2) is 0 Å². The summed E-state index contributed by atoms with van der Waals surface area (Å²) in [5.41, 5.74) is 1.52. The van der Waals surface area contributed by atoms with Crippen molar-refractivity contribution in [3.05, 3.63) is 63.7 Å². The molecule has 30 heavy (non-hydrogen) atoms. The molecule has 0 fully saturated rings. The topological polar surface area (TPSA) is 119 Å². The Kier molecular flexibility index (Phi) is 7.76. The van der Waals surface area contributed by atoms with E-state index in [0.717, 1.165) is 23.0 Å². The minimum absolute atomic E-state index is 0.0918. The summed E-state index contributed by atoms with van der Waals surface area (Å²) in [6.07, 6.45) is 1.87. The van der Waals surface area contributed by atoms with Crippen LogP contribution in [0, 0.1) is 17.0 Å². The maximum absolute atomic E-state index is 12.3. The van der Waals surface area contributed by atoms with Crippen LogP contribution in [0.4, 0.5) is 11.4 Å². The molecular weight excluding hydrogens is 410 g/mol. The number of aryl methyl sites for hydroxylation is 2. The molecule has 0 atom stereocenters. The number of sulfonamides is 1. The van der Waals surface area contributed by atoms with Crippen molar-refractivity contribution in [1.29, 1.82) is 0 Å². The molecule has 2 aromatic carbocycles. The number of carbonyl (C=O) groups excluding carboxylic acids is 1. The van der Waals surface area contributed by atoms with Crippen molar-refractivity contribution in [1.82, 2.24) is 5.32 Å². The van der Waals surface area contributed by atoms with Crippen LogP contribution in [0.15, 0.2) is 42.5 Å². The number of nitro benzene ring substituents is 1. The van der Waals surface area contributed by atoms with Gasteiger partial charge < -0.3 is 10.1 Å². The number of nitro groups is 1. The first kappa shape index (κ1) is 23.1. The lowest BCUT2D eigenvalue weighted by molar-refractivity contribution is -0.384. The van der Waals surface area contributed by atoms with Crippen molar-refractivity contribution in [3.8, 4) is 5.75 Å². The normalized spacial score (nSPS) is 11.0. The molecule has 0 unspecified atom stereocenters. The van der Waals surface area contributed by atoms with E-state index >= 15 is 0 Å². The van der Waals surface area contributed by atoms with Gasteiger partial charge >= 0.3 is 0 Å². The van der Waals surface area contributed by atoms with E-state index in [-0.39, 0.29) is 24.5 Å². The van der Waals surface area contributed by atoms with Crippen molar-refractivity contribution < 1.29 is 22.9 Å². The van der Waals surface area contributed by atoms with Crippen molar-refractivity contribution in [2.24, 2.45) is 0 Å². The highest BCUT2D eigenvalue weighted by atomic mass is 32.2. The molecule has 0 radical (unpaired) electrons. The van der Waals surface area contributed by atoms with E-state index in [1.54, 1.807) is 6.92 Å². The third-order valence-electron chi connectivity index (χ3n) is 4.38. The summed E-state index contributed by atoms with van der Waals surface area (Å²) >= 11 is 0. The van der Waals surface area contributed by atoms with E-state index in [4.69, 9.17) is 4.74 Å². The molecule has 2 aromatic rings. The Labute approximate surface area is 175 Å². The number of hydrogen-bond donors (Lipinski definition) is 1. The van der Waals surface area contributed by atoms with Gasteiger partial charge in [-0.05, 0) is 36.6 Å². The van der Waals surface area contributed by atoms with Crippen molar-refractivity contribution in [2.75, 3.05) is 30.3 Å². The maximum Gasteiger partial charge on any atom is 0.271 e. The van der Waals surface area contributed by atoms with E-state index < -0.39 is 27.4 Å². The van der Waals surface area contributed by atoms with Gasteiger partial charge in [-0.15, -0.1) is 0 Å². The number of nitrogens with one attached hydrogen (secondary N) is 1. The van der Waals surface area contributed by atoms with E-state index in [0.29, 0.717) is 11.3 Å². The van der Waals surface area contributed by atoms with Crippen LogP contribution in [-0.2, 0) is 21.2 Å². The summed E-state index contributed by atoms with van der Waals surface area (Å²) in [7, 11) is -3.84. The molecule has 0 bridgehead atoms. The number of rotatable bonds is 10. The number of anilines is 1. The SMILES string of the molecule is CCc1ccc(OCCNC(=O)CN(c2cc([N+](=O)[O-])ccc2C)S(C)(=O)=O)cc1. The number of nitrogens with zero attached hydrogens (tertiary/aromatic N) is 2. The zero-order valence-corrected chi connectivity index (χ0v) is 17.9. The second kappa shape index (κ2) is 10.1. The highest BCUT2D eigenvalue weighted by molar-refractivity contribution is 7.92. The first-order chi connectivity index (χ1) is 14.1. The second-order valence-electron chi connectivity index (χ2n) is 6.69. The summed E-state index contributed by atoms with van der Waals surface area (Å²) in [5, 5.41) is 13.6. The molecular formula is C20H25N3O6S. The van der Waals surface area contributed by atoms with E-state index in [9.17, 15) is 23.3 Å². The molecule has 0 heterocycles. The number of carbonyl (C=O) groups is 1. The summed E-state index contributed by atoms with van der Waals surface area (Å²) in [4.78, 5) is 22.7. The molecule has 0 aliphatic heterocycles. The van der Waals surface area contributed by atoms with Crippen LogP contribution in [0.5, 0.6) is 5.75 Å². The molecule has 0 spiro atoms. The number of non-ortho nitro benzene ring substituents is 1. The van der Waals surface area contributed by atoms with Gasteiger partial charge in [-0.3, -0.25) is 19.2 Å². The third-order valence-corrected chi connectivity index (χ3v) is 5.51. The standard InChI is InChI=1S/C20H25N3O6S/c1-4-16-6-9-18(10-7-16)29-12-11-21-20(24)14-22(30(3,27)28)19-13-17(23(25)26)8-5-15(19)2/h5-10,13H,4,11-12,14H2,1-3H3,(H,21,24). The van der Waals surface area contributed by atoms with Gasteiger partial charge in [-0.1, -0.05) is 25.1 Å². The fourth-order valence-corrected chi connectivity index (χ4v) is 3.63. The Morgan fingerprint density at radius 3 is 2.43 bits per heavy atom. The number of hydrogen-bond acceptors (Lipinski definition) is 6. The molecule has 1 N–H and O–H groups in total. The molecule has 9 nitrogen and oxygen atoms in total. The predicted octanol–water partition coefficient (Wildman–Crippen LogP) is 2.43. The molecule has 10 heteroatoms. The Hall–Kier alpha value is -3.14. The van der Waals surface area contributed by atoms with E-state index in [1.807, 2.05) is 24.3 Å². The van der Waals surface area contributed by atoms with Crippen LogP contribution in [0.1, 0.15) is 18.1 Å². The third kappa shape index (κ3) is 6.45. The van der Waals surface area contributed by atoms with Crippen LogP contribution >= 0.6 is 0 Å². The van der Waals surface area contributed by atoms with Crippen molar-refractivity contribution in [3.63, 3.8) is 0 Å². The summed E-state index contributed by atoms with van der Waals surface area (Å²) < 4.78 is 30.8. The monoisotopic (exact) mass is 435 g/mol. The average molecular weight is 436 g/mol. The van der Waals surface area contributed by atoms with Crippen LogP contribution in [0.25, 0.3) is 0 Å². The Balaban J connectivity index is 1.99. The van der Waals surface area contributed by atoms with Crippen LogP contribution in [0.3, 0.4) is 0 Å². The minimum Gasteiger partial charge on any atom is -0.492 e. The molecule has 0 aliphatic carbocycles. The average Bonchev–Trinajstić information content (AvgIpc) is 2.69. The lowest BCUT2D eigenvalue weighted by Gasteiger charge is -2.23. The molecule has 0 aromatic heterocycles. The Morgan fingerprint density at radius 2 is 1.87 bits per heavy atom. The van der Waals surface area contributed by atoms with Crippen molar-refractivity contribution in [2.45, 2.75) is 20.3 Å². The molecule has 1 amide bonds. The van der Waals surface area contributed by atoms with Gasteiger partial charge in [0.05, 0.1) is 23.4 Å². The van der Waals surface area contributed by atoms with Gasteiger partial charge in [-0.25, -0.2) is 8.42 Å². The summed E-state index contributed by atoms with van der Waals surface area (Å²) in [6, 6.07) is 11.5. The molecule has 2 rings (SSSR count). The quantitative estimate of drug-likeness (QED) is 0.348. The summed E-state index contributed by atoms with van der Waals surface area (Å²) in [6.45, 7) is 3.57. The second-order valence-corrected chi connectivity index (χ2v) is 8.60. The molecule has 0 aliphatic rings. The highest BCUT2D eigenvalue weighted by Gasteiger charge is 2.24. The number of amides is 1. The number of benzene rings is 2. The van der Waals surface area contributed by atoms with Crippen molar-refractivity contribution >= 4 is 27.3 Å². The van der Waals surface area contributed by atoms with Gasteiger partial charge in [0.2, 0.25) is 15.9 Å². The Bertz CT molecular complexity index is 1010. The highest BCUT2D eigenvalue weighted by Crippen LogP contribution is 2.27. The predicted molar refractivity (Wildman–Crippen MR) is 114 cm³/mol. The lowest BCUT2D eigenvalue weighted by atomic mass is 10.2. The zero-order chi connectivity index (χ0) is 22.3. The Morgan fingerprint density at radius 1 is 1.20 bits per heavy atom. The zero-order valence-electron chi connectivity index (χ0n) is 17.1. The van der Waals surface area contributed by atoms with Crippen LogP contribution in [0.2, 0.25) is 0 Å².